The summed E-state index contributed by atoms with van der Waals surface area (Å²) in [7, 11) is 0. The first kappa shape index (κ1) is 21.2. The zero-order valence-corrected chi connectivity index (χ0v) is 15.5. The van der Waals surface area contributed by atoms with Crippen molar-refractivity contribution in [2.75, 3.05) is 13.2 Å². The predicted molar refractivity (Wildman–Crippen MR) is 88.4 cm³/mol. The van der Waals surface area contributed by atoms with Crippen molar-refractivity contribution in [3.8, 4) is 0 Å². The molecule has 0 aliphatic carbocycles. The molecule has 11 heteroatoms. The first-order chi connectivity index (χ1) is 11.0. The van der Waals surface area contributed by atoms with Gasteiger partial charge in [-0.3, -0.25) is 19.4 Å². The van der Waals surface area contributed by atoms with Crippen LogP contribution in [0.5, 0.6) is 0 Å². The van der Waals surface area contributed by atoms with Gasteiger partial charge in [0.25, 0.3) is 5.91 Å². The molecule has 138 valence electrons. The molecule has 0 aromatic rings. The molecule has 0 aromatic heterocycles. The number of amides is 2. The molecule has 24 heavy (non-hydrogen) atoms. The lowest BCUT2D eigenvalue weighted by molar-refractivity contribution is -0.153. The van der Waals surface area contributed by atoms with Gasteiger partial charge in [-0.1, -0.05) is 34.8 Å². The Balaban J connectivity index is 2.56. The summed E-state index contributed by atoms with van der Waals surface area (Å²) in [5, 5.41) is 12.8. The highest BCUT2D eigenvalue weighted by molar-refractivity contribution is 6.67. The topological polar surface area (TPSA) is 108 Å². The van der Waals surface area contributed by atoms with E-state index in [0.717, 1.165) is 0 Å². The van der Waals surface area contributed by atoms with E-state index in [1.807, 2.05) is 0 Å². The Morgan fingerprint density at radius 2 is 2.00 bits per heavy atom. The number of carbonyl (C=O) groups is 3. The highest BCUT2D eigenvalue weighted by atomic mass is 35.6. The van der Waals surface area contributed by atoms with Gasteiger partial charge < -0.3 is 15.2 Å². The quantitative estimate of drug-likeness (QED) is 0.449. The van der Waals surface area contributed by atoms with Crippen LogP contribution in [0.3, 0.4) is 0 Å². The number of hydrazine groups is 1. The SMILES string of the molecule is CC(O)C(=O)NC(C)C(=O)N1CCCC(C(=O)OCC(Cl)(Cl)Cl)N1. The Kier molecular flexibility index (Phi) is 8.01. The number of nitrogens with one attached hydrogen (secondary N) is 2. The molecule has 1 fully saturated rings. The van der Waals surface area contributed by atoms with Gasteiger partial charge >= 0.3 is 5.97 Å². The van der Waals surface area contributed by atoms with Crippen LogP contribution in [0, 0.1) is 0 Å². The van der Waals surface area contributed by atoms with Gasteiger partial charge in [-0.15, -0.1) is 0 Å². The maximum atomic E-state index is 12.3. The second kappa shape index (κ2) is 9.05. The fraction of sp³-hybridized carbons (Fsp3) is 0.769. The number of aliphatic hydroxyl groups excluding tert-OH is 1. The van der Waals surface area contributed by atoms with E-state index in [1.54, 1.807) is 0 Å². The molecule has 0 spiro atoms. The fourth-order valence-corrected chi connectivity index (χ4v) is 2.16. The van der Waals surface area contributed by atoms with Crippen LogP contribution in [0.25, 0.3) is 0 Å². The Morgan fingerprint density at radius 1 is 1.38 bits per heavy atom. The summed E-state index contributed by atoms with van der Waals surface area (Å²) in [5.41, 5.74) is 2.74. The molecule has 1 aliphatic heterocycles. The second-order valence-corrected chi connectivity index (χ2v) is 7.96. The number of hydrogen-bond acceptors (Lipinski definition) is 6. The zero-order chi connectivity index (χ0) is 18.5. The smallest absolute Gasteiger partial charge is 0.325 e. The minimum Gasteiger partial charge on any atom is -0.460 e. The van der Waals surface area contributed by atoms with Crippen LogP contribution >= 0.6 is 34.8 Å². The van der Waals surface area contributed by atoms with Gasteiger partial charge in [0.05, 0.1) is 0 Å². The first-order valence-electron chi connectivity index (χ1n) is 7.30. The standard InChI is InChI=1S/C13H20Cl3N3O5/c1-7(17-10(21)8(2)20)11(22)19-5-3-4-9(18-19)12(23)24-6-13(14,15)16/h7-9,18,20H,3-6H2,1-2H3,(H,17,21). The van der Waals surface area contributed by atoms with Crippen molar-refractivity contribution < 1.29 is 24.2 Å². The number of hydrogen-bond donors (Lipinski definition) is 3. The van der Waals surface area contributed by atoms with Gasteiger partial charge in [-0.05, 0) is 26.7 Å². The summed E-state index contributed by atoms with van der Waals surface area (Å²) in [5.74, 6) is -1.74. The molecule has 0 radical (unpaired) electrons. The van der Waals surface area contributed by atoms with Crippen molar-refractivity contribution in [1.29, 1.82) is 0 Å². The normalized spacial score (nSPS) is 20.9. The molecule has 3 unspecified atom stereocenters. The second-order valence-electron chi connectivity index (χ2n) is 5.44. The van der Waals surface area contributed by atoms with Crippen molar-refractivity contribution >= 4 is 52.6 Å². The van der Waals surface area contributed by atoms with E-state index < -0.39 is 46.4 Å². The first-order valence-corrected chi connectivity index (χ1v) is 8.44. The number of aliphatic hydroxyl groups is 1. The van der Waals surface area contributed by atoms with Crippen LogP contribution in [-0.4, -0.2) is 63.0 Å². The number of carbonyl (C=O) groups excluding carboxylic acids is 3. The number of rotatable bonds is 5. The van der Waals surface area contributed by atoms with Crippen LogP contribution in [0.15, 0.2) is 0 Å². The molecule has 1 heterocycles. The maximum absolute atomic E-state index is 12.3. The van der Waals surface area contributed by atoms with Gasteiger partial charge in [0.2, 0.25) is 9.70 Å². The van der Waals surface area contributed by atoms with Gasteiger partial charge in [0.1, 0.15) is 24.8 Å². The molecule has 8 nitrogen and oxygen atoms in total. The van der Waals surface area contributed by atoms with Crippen molar-refractivity contribution in [2.24, 2.45) is 0 Å². The number of esters is 1. The average Bonchev–Trinajstić information content (AvgIpc) is 2.50. The third kappa shape index (κ3) is 6.98. The summed E-state index contributed by atoms with van der Waals surface area (Å²) in [6, 6.07) is -1.62. The molecular weight excluding hydrogens is 385 g/mol. The molecule has 1 rings (SSSR count). The third-order valence-corrected chi connectivity index (χ3v) is 3.55. The van der Waals surface area contributed by atoms with Gasteiger partial charge in [-0.2, -0.15) is 0 Å². The molecule has 0 saturated carbocycles. The van der Waals surface area contributed by atoms with Crippen LogP contribution in [0.2, 0.25) is 0 Å². The van der Waals surface area contributed by atoms with Gasteiger partial charge in [0.15, 0.2) is 0 Å². The molecular formula is C13H20Cl3N3O5. The minimum absolute atomic E-state index is 0.363. The monoisotopic (exact) mass is 403 g/mol. The van der Waals surface area contributed by atoms with E-state index in [1.165, 1.54) is 18.9 Å². The van der Waals surface area contributed by atoms with Crippen molar-refractivity contribution in [2.45, 2.75) is 48.7 Å². The summed E-state index contributed by atoms with van der Waals surface area (Å²) in [6.45, 7) is 2.74. The van der Waals surface area contributed by atoms with Crippen molar-refractivity contribution in [3.05, 3.63) is 0 Å². The highest BCUT2D eigenvalue weighted by Gasteiger charge is 2.33. The van der Waals surface area contributed by atoms with E-state index in [9.17, 15) is 14.4 Å². The summed E-state index contributed by atoms with van der Waals surface area (Å²) >= 11 is 16.6. The molecule has 0 bridgehead atoms. The van der Waals surface area contributed by atoms with E-state index in [2.05, 4.69) is 10.7 Å². The molecule has 3 N–H and O–H groups in total. The minimum atomic E-state index is -1.71. The Hall–Kier alpha value is -0.800. The van der Waals surface area contributed by atoms with Crippen LogP contribution < -0.4 is 10.7 Å². The lowest BCUT2D eigenvalue weighted by Gasteiger charge is -2.34. The van der Waals surface area contributed by atoms with E-state index in [0.29, 0.717) is 19.4 Å². The Morgan fingerprint density at radius 3 is 2.54 bits per heavy atom. The highest BCUT2D eigenvalue weighted by Crippen LogP contribution is 2.26. The molecule has 1 aliphatic rings. The summed E-state index contributed by atoms with van der Waals surface area (Å²) < 4.78 is 3.18. The van der Waals surface area contributed by atoms with Crippen LogP contribution in [-0.2, 0) is 19.1 Å². The number of halogens is 3. The van der Waals surface area contributed by atoms with Crippen molar-refractivity contribution in [3.63, 3.8) is 0 Å². The lowest BCUT2D eigenvalue weighted by Crippen LogP contribution is -2.59. The van der Waals surface area contributed by atoms with Gasteiger partial charge in [-0.25, -0.2) is 5.43 Å². The average molecular weight is 405 g/mol. The molecule has 1 saturated heterocycles. The van der Waals surface area contributed by atoms with Crippen molar-refractivity contribution in [1.82, 2.24) is 15.8 Å². The number of ether oxygens (including phenoxy) is 1. The third-order valence-electron chi connectivity index (χ3n) is 3.22. The number of nitrogens with zero attached hydrogens (tertiary/aromatic N) is 1. The lowest BCUT2D eigenvalue weighted by atomic mass is 10.1. The predicted octanol–water partition coefficient (Wildman–Crippen LogP) is 0.281. The van der Waals surface area contributed by atoms with Crippen LogP contribution in [0.4, 0.5) is 0 Å². The van der Waals surface area contributed by atoms with E-state index in [4.69, 9.17) is 44.6 Å². The van der Waals surface area contributed by atoms with Gasteiger partial charge in [0, 0.05) is 6.54 Å². The Bertz CT molecular complexity index is 484. The number of alkyl halides is 3. The summed E-state index contributed by atoms with van der Waals surface area (Å²) in [6.07, 6.45) is -0.209. The molecule has 0 aromatic carbocycles. The molecule has 2 amide bonds. The zero-order valence-electron chi connectivity index (χ0n) is 13.2. The van der Waals surface area contributed by atoms with Crippen LogP contribution in [0.1, 0.15) is 26.7 Å². The fourth-order valence-electron chi connectivity index (χ4n) is 2.00. The largest absolute Gasteiger partial charge is 0.460 e. The Labute approximate surface area is 154 Å². The van der Waals surface area contributed by atoms with E-state index >= 15 is 0 Å². The summed E-state index contributed by atoms with van der Waals surface area (Å²) in [4.78, 5) is 35.7. The maximum Gasteiger partial charge on any atom is 0.325 e. The van der Waals surface area contributed by atoms with E-state index in [-0.39, 0.29) is 0 Å². The molecule has 3 atom stereocenters.